The molecule has 0 saturated carbocycles. The van der Waals surface area contributed by atoms with E-state index in [9.17, 15) is 13.7 Å². The average molecular weight is 387 g/mol. The third kappa shape index (κ3) is 4.40. The topological polar surface area (TPSA) is 79.0 Å². The lowest BCUT2D eigenvalue weighted by Crippen LogP contribution is -2.30. The molecular weight excluding hydrogens is 360 g/mol. The maximum atomic E-state index is 12.4. The Morgan fingerprint density at radius 3 is 2.67 bits per heavy atom. The van der Waals surface area contributed by atoms with Crippen molar-refractivity contribution in [3.63, 3.8) is 0 Å². The van der Waals surface area contributed by atoms with E-state index in [2.05, 4.69) is 15.6 Å². The van der Waals surface area contributed by atoms with Crippen molar-refractivity contribution >= 4 is 10.0 Å². The number of aromatic nitrogens is 2. The molecule has 1 aromatic carbocycles. The fraction of sp³-hybridized carbons (Fsp3) is 0.500. The molecule has 0 fully saturated rings. The van der Waals surface area contributed by atoms with E-state index < -0.39 is 15.4 Å². The van der Waals surface area contributed by atoms with Crippen LogP contribution in [0.4, 0.5) is 0 Å². The van der Waals surface area contributed by atoms with Gasteiger partial charge in [0, 0.05) is 25.7 Å². The van der Waals surface area contributed by atoms with E-state index in [0.29, 0.717) is 0 Å². The van der Waals surface area contributed by atoms with E-state index in [0.717, 1.165) is 48.5 Å². The highest BCUT2D eigenvalue weighted by Crippen LogP contribution is 2.27. The van der Waals surface area contributed by atoms with Crippen molar-refractivity contribution in [2.24, 2.45) is 0 Å². The monoisotopic (exact) mass is 386 g/mol. The van der Waals surface area contributed by atoms with Crippen LogP contribution >= 0.6 is 0 Å². The van der Waals surface area contributed by atoms with Crippen molar-refractivity contribution in [2.45, 2.75) is 58.2 Å². The Labute approximate surface area is 161 Å². The lowest BCUT2D eigenvalue weighted by molar-refractivity contribution is 0.398. The SMILES string of the molecule is CC(C)(C#N)c1ccccc1CN(Cc1cn2c(n1)CCCC2)S(C)(=O)=O. The Hall–Kier alpha value is -2.17. The summed E-state index contributed by atoms with van der Waals surface area (Å²) in [5, 5.41) is 9.50. The predicted octanol–water partition coefficient (Wildman–Crippen LogP) is 2.98. The molecule has 0 atom stereocenters. The lowest BCUT2D eigenvalue weighted by atomic mass is 9.83. The molecule has 0 saturated heterocycles. The Balaban J connectivity index is 1.90. The van der Waals surface area contributed by atoms with Crippen LogP contribution in [0.1, 0.15) is 49.3 Å². The van der Waals surface area contributed by atoms with Crippen LogP contribution in [-0.4, -0.2) is 28.5 Å². The quantitative estimate of drug-likeness (QED) is 0.764. The van der Waals surface area contributed by atoms with Gasteiger partial charge in [0.15, 0.2) is 0 Å². The molecular formula is C20H26N4O2S. The van der Waals surface area contributed by atoms with E-state index in [1.165, 1.54) is 10.6 Å². The second-order valence-electron chi connectivity index (χ2n) is 7.72. The number of benzene rings is 1. The van der Waals surface area contributed by atoms with Crippen molar-refractivity contribution in [2.75, 3.05) is 6.26 Å². The van der Waals surface area contributed by atoms with Gasteiger partial charge in [0.25, 0.3) is 0 Å². The summed E-state index contributed by atoms with van der Waals surface area (Å²) in [7, 11) is -3.43. The van der Waals surface area contributed by atoms with Gasteiger partial charge in [-0.25, -0.2) is 13.4 Å². The van der Waals surface area contributed by atoms with Gasteiger partial charge in [0.2, 0.25) is 10.0 Å². The molecule has 0 bridgehead atoms. The van der Waals surface area contributed by atoms with E-state index in [-0.39, 0.29) is 13.1 Å². The molecule has 1 aliphatic rings. The zero-order valence-electron chi connectivity index (χ0n) is 16.1. The van der Waals surface area contributed by atoms with E-state index >= 15 is 0 Å². The van der Waals surface area contributed by atoms with Gasteiger partial charge in [-0.1, -0.05) is 24.3 Å². The van der Waals surface area contributed by atoms with E-state index in [4.69, 9.17) is 0 Å². The van der Waals surface area contributed by atoms with E-state index in [1.54, 1.807) is 0 Å². The number of imidazole rings is 1. The number of hydrogen-bond acceptors (Lipinski definition) is 4. The van der Waals surface area contributed by atoms with Crippen molar-refractivity contribution < 1.29 is 8.42 Å². The lowest BCUT2D eigenvalue weighted by Gasteiger charge is -2.24. The molecule has 0 aliphatic carbocycles. The smallest absolute Gasteiger partial charge is 0.211 e. The van der Waals surface area contributed by atoms with Crippen LogP contribution in [0, 0.1) is 11.3 Å². The number of aryl methyl sites for hydroxylation is 2. The van der Waals surface area contributed by atoms with Gasteiger partial charge in [-0.3, -0.25) is 0 Å². The number of rotatable bonds is 6. The van der Waals surface area contributed by atoms with Crippen LogP contribution in [0.2, 0.25) is 0 Å². The molecule has 2 aromatic rings. The maximum absolute atomic E-state index is 12.4. The summed E-state index contributed by atoms with van der Waals surface area (Å²) in [6, 6.07) is 9.86. The Morgan fingerprint density at radius 1 is 1.26 bits per heavy atom. The van der Waals surface area contributed by atoms with Gasteiger partial charge in [-0.15, -0.1) is 0 Å². The minimum Gasteiger partial charge on any atom is -0.335 e. The van der Waals surface area contributed by atoms with Crippen molar-refractivity contribution in [1.29, 1.82) is 5.26 Å². The predicted molar refractivity (Wildman–Crippen MR) is 104 cm³/mol. The van der Waals surface area contributed by atoms with Crippen molar-refractivity contribution in [3.8, 4) is 6.07 Å². The molecule has 7 heteroatoms. The Morgan fingerprint density at radius 2 is 2.00 bits per heavy atom. The number of nitriles is 1. The molecule has 0 radical (unpaired) electrons. The van der Waals surface area contributed by atoms with Crippen LogP contribution in [-0.2, 0) is 41.5 Å². The molecule has 144 valence electrons. The van der Waals surface area contributed by atoms with Gasteiger partial charge in [-0.2, -0.15) is 9.57 Å². The van der Waals surface area contributed by atoms with Crippen molar-refractivity contribution in [3.05, 3.63) is 53.1 Å². The maximum Gasteiger partial charge on any atom is 0.211 e. The molecule has 0 unspecified atom stereocenters. The summed E-state index contributed by atoms with van der Waals surface area (Å²) in [4.78, 5) is 4.64. The van der Waals surface area contributed by atoms with Gasteiger partial charge >= 0.3 is 0 Å². The average Bonchev–Trinajstić information content (AvgIpc) is 3.03. The van der Waals surface area contributed by atoms with Crippen LogP contribution < -0.4 is 0 Å². The fourth-order valence-electron chi connectivity index (χ4n) is 3.54. The number of nitrogens with zero attached hydrogens (tertiary/aromatic N) is 4. The third-order valence-corrected chi connectivity index (χ3v) is 6.28. The standard InChI is InChI=1S/C20H26N4O2S/c1-20(2,15-21)18-9-5-4-8-16(18)12-24(27(3,25)26)14-17-13-23-11-7-6-10-19(23)22-17/h4-5,8-9,13H,6-7,10-12,14H2,1-3H3. The zero-order chi connectivity index (χ0) is 19.7. The van der Waals surface area contributed by atoms with Gasteiger partial charge in [0.05, 0.1) is 30.0 Å². The molecule has 6 nitrogen and oxygen atoms in total. The molecule has 1 aromatic heterocycles. The summed E-state index contributed by atoms with van der Waals surface area (Å²) in [6.45, 7) is 5.10. The highest BCUT2D eigenvalue weighted by Gasteiger charge is 2.26. The first kappa shape index (κ1) is 19.6. The van der Waals surface area contributed by atoms with Crippen LogP contribution in [0.25, 0.3) is 0 Å². The third-order valence-electron chi connectivity index (χ3n) is 5.08. The first-order valence-electron chi connectivity index (χ1n) is 9.20. The second-order valence-corrected chi connectivity index (χ2v) is 9.71. The molecule has 0 N–H and O–H groups in total. The number of hydrogen-bond donors (Lipinski definition) is 0. The summed E-state index contributed by atoms with van der Waals surface area (Å²) < 4.78 is 28.4. The highest BCUT2D eigenvalue weighted by atomic mass is 32.2. The Bertz CT molecular complexity index is 947. The zero-order valence-corrected chi connectivity index (χ0v) is 17.0. The normalized spacial score (nSPS) is 14.8. The first-order valence-corrected chi connectivity index (χ1v) is 11.1. The highest BCUT2D eigenvalue weighted by molar-refractivity contribution is 7.88. The van der Waals surface area contributed by atoms with Crippen LogP contribution in [0.5, 0.6) is 0 Å². The molecule has 2 heterocycles. The summed E-state index contributed by atoms with van der Waals surface area (Å²) in [5.41, 5.74) is 1.78. The number of fused-ring (bicyclic) bond motifs is 1. The molecule has 0 spiro atoms. The number of sulfonamides is 1. The van der Waals surface area contributed by atoms with E-state index in [1.807, 2.05) is 44.3 Å². The summed E-state index contributed by atoms with van der Waals surface area (Å²) >= 11 is 0. The molecule has 27 heavy (non-hydrogen) atoms. The fourth-order valence-corrected chi connectivity index (χ4v) is 4.28. The van der Waals surface area contributed by atoms with Gasteiger partial charge in [0.1, 0.15) is 5.82 Å². The van der Waals surface area contributed by atoms with Gasteiger partial charge in [-0.05, 0) is 37.8 Å². The van der Waals surface area contributed by atoms with Crippen LogP contribution in [0.3, 0.4) is 0 Å². The van der Waals surface area contributed by atoms with Crippen LogP contribution in [0.15, 0.2) is 30.5 Å². The second kappa shape index (κ2) is 7.45. The van der Waals surface area contributed by atoms with Gasteiger partial charge < -0.3 is 4.57 Å². The Kier molecular flexibility index (Phi) is 5.41. The summed E-state index contributed by atoms with van der Waals surface area (Å²) in [6.07, 6.45) is 6.40. The first-order chi connectivity index (χ1) is 12.7. The van der Waals surface area contributed by atoms with Crippen molar-refractivity contribution in [1.82, 2.24) is 13.9 Å². The summed E-state index contributed by atoms with van der Waals surface area (Å²) in [5.74, 6) is 1.04. The molecule has 3 rings (SSSR count). The molecule has 1 aliphatic heterocycles. The largest absolute Gasteiger partial charge is 0.335 e. The minimum atomic E-state index is -3.43. The minimum absolute atomic E-state index is 0.225. The molecule has 0 amide bonds.